The number of alkyl halides is 3. The molecule has 2 aromatic carbocycles. The Morgan fingerprint density at radius 3 is 2.55 bits per heavy atom. The number of aliphatic hydroxyl groups is 1. The van der Waals surface area contributed by atoms with Crippen molar-refractivity contribution in [3.8, 4) is 17.0 Å². The van der Waals surface area contributed by atoms with Crippen LogP contribution in [0.3, 0.4) is 0 Å². The van der Waals surface area contributed by atoms with E-state index < -0.39 is 17.6 Å². The quantitative estimate of drug-likeness (QED) is 0.362. The van der Waals surface area contributed by atoms with Crippen LogP contribution in [0.25, 0.3) is 11.3 Å². The third kappa shape index (κ3) is 5.32. The van der Waals surface area contributed by atoms with Crippen molar-refractivity contribution in [1.29, 1.82) is 0 Å². The fourth-order valence-electron chi connectivity index (χ4n) is 4.85. The highest BCUT2D eigenvalue weighted by Crippen LogP contribution is 2.37. The highest BCUT2D eigenvalue weighted by Gasteiger charge is 2.33. The molecule has 8 nitrogen and oxygen atoms in total. The van der Waals surface area contributed by atoms with Crippen LogP contribution in [0.5, 0.6) is 5.75 Å². The van der Waals surface area contributed by atoms with Gasteiger partial charge in [0.2, 0.25) is 0 Å². The summed E-state index contributed by atoms with van der Waals surface area (Å²) >= 11 is 4.79. The van der Waals surface area contributed by atoms with Gasteiger partial charge in [-0.25, -0.2) is 0 Å². The molecular weight excluding hydrogens is 518 g/mol. The molecule has 1 unspecified atom stereocenters. The SMILES string of the molecule is CC(C)N1Cc2cc(-c3cc(C(=O)Nc4ccc(OC(F)(F)Cl)cc4)ccc3N3CCC(O)C3)[nH]c2C1=O. The summed E-state index contributed by atoms with van der Waals surface area (Å²) in [5.41, 5.74) is 0.637. The number of carbonyl (C=O) groups excluding carboxylic acids is 2. The largest absolute Gasteiger partial charge is 0.487 e. The molecule has 2 aliphatic rings. The number of benzene rings is 2. The van der Waals surface area contributed by atoms with Gasteiger partial charge in [0.1, 0.15) is 11.4 Å². The van der Waals surface area contributed by atoms with Crippen LogP contribution >= 0.6 is 11.6 Å². The summed E-state index contributed by atoms with van der Waals surface area (Å²) in [4.78, 5) is 33.1. The minimum atomic E-state index is -3.83. The molecule has 1 aromatic heterocycles. The van der Waals surface area contributed by atoms with Gasteiger partial charge in [0, 0.05) is 71.0 Å². The predicted octanol–water partition coefficient (Wildman–Crippen LogP) is 5.04. The second-order valence-electron chi connectivity index (χ2n) is 9.76. The highest BCUT2D eigenvalue weighted by atomic mass is 35.5. The van der Waals surface area contributed by atoms with Crippen LogP contribution in [-0.2, 0) is 6.54 Å². The number of nitrogens with zero attached hydrogens (tertiary/aromatic N) is 2. The van der Waals surface area contributed by atoms with Crippen LogP contribution in [0.4, 0.5) is 20.2 Å². The first-order valence-electron chi connectivity index (χ1n) is 12.3. The number of hydrogen-bond donors (Lipinski definition) is 3. The third-order valence-corrected chi connectivity index (χ3v) is 6.81. The second kappa shape index (κ2) is 9.92. The van der Waals surface area contributed by atoms with Crippen molar-refractivity contribution in [2.24, 2.45) is 0 Å². The Labute approximate surface area is 223 Å². The Morgan fingerprint density at radius 2 is 1.95 bits per heavy atom. The van der Waals surface area contributed by atoms with Crippen LogP contribution in [0.2, 0.25) is 0 Å². The van der Waals surface area contributed by atoms with E-state index in [0.29, 0.717) is 48.7 Å². The van der Waals surface area contributed by atoms with Gasteiger partial charge in [-0.15, -0.1) is 8.78 Å². The van der Waals surface area contributed by atoms with Crippen LogP contribution < -0.4 is 15.0 Å². The Kier molecular flexibility index (Phi) is 6.79. The van der Waals surface area contributed by atoms with Crippen LogP contribution in [-0.4, -0.2) is 57.6 Å². The van der Waals surface area contributed by atoms with Gasteiger partial charge in [-0.2, -0.15) is 0 Å². The molecule has 0 saturated carbocycles. The minimum absolute atomic E-state index is 0.0624. The van der Waals surface area contributed by atoms with Gasteiger partial charge in [-0.1, -0.05) is 0 Å². The smallest absolute Gasteiger partial charge is 0.420 e. The van der Waals surface area contributed by atoms with Crippen LogP contribution in [0.1, 0.15) is 46.7 Å². The van der Waals surface area contributed by atoms with Gasteiger partial charge in [0.05, 0.1) is 6.10 Å². The number of aromatic nitrogens is 1. The molecule has 1 atom stereocenters. The number of ether oxygens (including phenoxy) is 1. The van der Waals surface area contributed by atoms with E-state index >= 15 is 0 Å². The average Bonchev–Trinajstić information content (AvgIpc) is 3.55. The second-order valence-corrected chi connectivity index (χ2v) is 10.2. The molecule has 0 aliphatic carbocycles. The van der Waals surface area contributed by atoms with Crippen molar-refractivity contribution >= 4 is 34.8 Å². The van der Waals surface area contributed by atoms with E-state index in [0.717, 1.165) is 16.8 Å². The fourth-order valence-corrected chi connectivity index (χ4v) is 4.94. The normalized spacial score (nSPS) is 17.3. The first kappa shape index (κ1) is 26.0. The first-order valence-corrected chi connectivity index (χ1v) is 12.6. The maximum atomic E-state index is 13.1. The molecule has 3 heterocycles. The molecule has 0 bridgehead atoms. The van der Waals surface area contributed by atoms with Crippen LogP contribution in [0, 0.1) is 0 Å². The molecular formula is C27H27ClF2N4O4. The number of nitrogens with one attached hydrogen (secondary N) is 2. The molecule has 5 rings (SSSR count). The number of aromatic amines is 1. The summed E-state index contributed by atoms with van der Waals surface area (Å²) in [6.07, 6.45) is 0.200. The molecule has 1 fully saturated rings. The molecule has 2 aliphatic heterocycles. The summed E-state index contributed by atoms with van der Waals surface area (Å²) in [7, 11) is 0. The molecule has 3 aromatic rings. The lowest BCUT2D eigenvalue weighted by atomic mass is 10.0. The monoisotopic (exact) mass is 544 g/mol. The lowest BCUT2D eigenvalue weighted by molar-refractivity contribution is -0.0964. The maximum Gasteiger partial charge on any atom is 0.487 e. The van der Waals surface area contributed by atoms with Gasteiger partial charge in [0.15, 0.2) is 0 Å². The van der Waals surface area contributed by atoms with E-state index in [9.17, 15) is 23.5 Å². The zero-order valence-corrected chi connectivity index (χ0v) is 21.6. The topological polar surface area (TPSA) is 97.9 Å². The highest BCUT2D eigenvalue weighted by molar-refractivity contribution is 6.20. The number of aliphatic hydroxyl groups excluding tert-OH is 1. The van der Waals surface area contributed by atoms with Crippen molar-refractivity contribution in [3.63, 3.8) is 0 Å². The number of fused-ring (bicyclic) bond motifs is 1. The summed E-state index contributed by atoms with van der Waals surface area (Å²) in [5, 5.41) is 12.8. The molecule has 0 spiro atoms. The Morgan fingerprint density at radius 1 is 1.21 bits per heavy atom. The van der Waals surface area contributed by atoms with Gasteiger partial charge >= 0.3 is 5.57 Å². The number of carbonyl (C=O) groups is 2. The Bertz CT molecular complexity index is 1370. The van der Waals surface area contributed by atoms with Crippen LogP contribution in [0.15, 0.2) is 48.5 Å². The summed E-state index contributed by atoms with van der Waals surface area (Å²) in [6.45, 7) is 5.58. The zero-order chi connectivity index (χ0) is 27.2. The maximum absolute atomic E-state index is 13.1. The number of amides is 2. The molecule has 11 heteroatoms. The number of H-pyrrole nitrogens is 1. The molecule has 38 heavy (non-hydrogen) atoms. The molecule has 3 N–H and O–H groups in total. The van der Waals surface area contributed by atoms with Crippen molar-refractivity contribution in [3.05, 3.63) is 65.4 Å². The summed E-state index contributed by atoms with van der Waals surface area (Å²) < 4.78 is 30.0. The summed E-state index contributed by atoms with van der Waals surface area (Å²) in [6, 6.07) is 12.7. The van der Waals surface area contributed by atoms with Gasteiger partial charge in [-0.05, 0) is 68.8 Å². The number of rotatable bonds is 7. The van der Waals surface area contributed by atoms with Crippen molar-refractivity contribution in [1.82, 2.24) is 9.88 Å². The molecule has 1 saturated heterocycles. The van der Waals surface area contributed by atoms with Gasteiger partial charge < -0.3 is 29.9 Å². The Balaban J connectivity index is 1.43. The standard InChI is InChI=1S/C27H27ClF2N4O4/c1-15(2)34-13-17-12-22(32-24(17)26(34)37)21-11-16(3-8-23(21)33-10-9-19(35)14-33)25(36)31-18-4-6-20(7-5-18)38-27(28,29)30/h3-8,11-12,15,19,32,35H,9-10,13-14H2,1-2H3,(H,31,36). The van der Waals surface area contributed by atoms with E-state index in [1.807, 2.05) is 26.0 Å². The van der Waals surface area contributed by atoms with E-state index in [1.54, 1.807) is 17.0 Å². The fraction of sp³-hybridized carbons (Fsp3) is 0.333. The minimum Gasteiger partial charge on any atom is -0.420 e. The third-order valence-electron chi connectivity index (χ3n) is 6.74. The van der Waals surface area contributed by atoms with Gasteiger partial charge in [0.25, 0.3) is 11.8 Å². The number of anilines is 2. The van der Waals surface area contributed by atoms with E-state index in [1.165, 1.54) is 24.3 Å². The number of β-amino-alcohol motifs (C(OH)–C–C–N with tert-alkyl or cyclic N) is 1. The van der Waals surface area contributed by atoms with Crippen molar-refractivity contribution in [2.75, 3.05) is 23.3 Å². The van der Waals surface area contributed by atoms with E-state index in [4.69, 9.17) is 11.6 Å². The Hall–Kier alpha value is -3.63. The van der Waals surface area contributed by atoms with E-state index in [-0.39, 0.29) is 17.7 Å². The van der Waals surface area contributed by atoms with Gasteiger partial charge in [-0.3, -0.25) is 9.59 Å². The van der Waals surface area contributed by atoms with E-state index in [2.05, 4.69) is 19.9 Å². The number of halogens is 3. The predicted molar refractivity (Wildman–Crippen MR) is 140 cm³/mol. The summed E-state index contributed by atoms with van der Waals surface area (Å²) in [5.74, 6) is -0.614. The zero-order valence-electron chi connectivity index (χ0n) is 20.8. The molecule has 2 amide bonds. The molecule has 200 valence electrons. The molecule has 0 radical (unpaired) electrons. The number of hydrogen-bond acceptors (Lipinski definition) is 5. The first-order chi connectivity index (χ1) is 18.0. The lowest BCUT2D eigenvalue weighted by Gasteiger charge is -2.23. The average molecular weight is 545 g/mol. The lowest BCUT2D eigenvalue weighted by Crippen LogP contribution is -2.31. The van der Waals surface area contributed by atoms with Crippen molar-refractivity contribution < 1.29 is 28.2 Å². The van der Waals surface area contributed by atoms with Crippen molar-refractivity contribution in [2.45, 2.75) is 44.5 Å².